The molecule has 2 heterocycles. The van der Waals surface area contributed by atoms with Crippen LogP contribution in [0.4, 0.5) is 20.2 Å². The first kappa shape index (κ1) is 28.8. The number of hydrogen-bond acceptors (Lipinski definition) is 3. The minimum absolute atomic E-state index is 0.00871. The van der Waals surface area contributed by atoms with Crippen molar-refractivity contribution in [2.45, 2.75) is 64.8 Å². The van der Waals surface area contributed by atoms with E-state index in [1.54, 1.807) is 30.0 Å². The highest BCUT2D eigenvalue weighted by Gasteiger charge is 2.41. The zero-order valence-electron chi connectivity index (χ0n) is 24.3. The Morgan fingerprint density at radius 1 is 0.878 bits per heavy atom. The van der Waals surface area contributed by atoms with Gasteiger partial charge >= 0.3 is 0 Å². The summed E-state index contributed by atoms with van der Waals surface area (Å²) in [6.07, 6.45) is 3.13. The number of halogens is 2. The fraction of sp³-hybridized carbons (Fsp3) is 0.412. The van der Waals surface area contributed by atoms with Gasteiger partial charge in [0.1, 0.15) is 11.6 Å². The van der Waals surface area contributed by atoms with E-state index in [0.29, 0.717) is 41.9 Å². The van der Waals surface area contributed by atoms with Crippen LogP contribution in [0.15, 0.2) is 60.7 Å². The molecule has 1 N–H and O–H groups in total. The number of carbonyl (C=O) groups excluding carboxylic acids is 2. The molecule has 0 saturated carbocycles. The van der Waals surface area contributed by atoms with Gasteiger partial charge in [0.05, 0.1) is 23.2 Å². The quantitative estimate of drug-likeness (QED) is 0.354. The molecule has 2 saturated heterocycles. The van der Waals surface area contributed by atoms with Crippen LogP contribution in [-0.4, -0.2) is 36.3 Å². The number of hydrogen-bond donors (Lipinski definition) is 1. The van der Waals surface area contributed by atoms with Gasteiger partial charge in [0.15, 0.2) is 0 Å². The third kappa shape index (κ3) is 5.99. The van der Waals surface area contributed by atoms with Crippen molar-refractivity contribution < 1.29 is 18.4 Å². The van der Waals surface area contributed by atoms with Crippen molar-refractivity contribution >= 4 is 23.2 Å². The minimum Gasteiger partial charge on any atom is -0.369 e. The SMILES string of the molecule is Cc1cccc(F)c1C(=O)N1CCC[C@H](C(=O)Nc2cccc(C(C)(C)C)c2)[C@@H]1c1ccc(N2CCCC2)c(F)c1. The van der Waals surface area contributed by atoms with Gasteiger partial charge in [0.25, 0.3) is 5.91 Å². The van der Waals surface area contributed by atoms with E-state index in [9.17, 15) is 14.0 Å². The van der Waals surface area contributed by atoms with Gasteiger partial charge in [-0.15, -0.1) is 0 Å². The average molecular weight is 560 g/mol. The van der Waals surface area contributed by atoms with Crippen LogP contribution >= 0.6 is 0 Å². The molecule has 0 aromatic heterocycles. The Hall–Kier alpha value is -3.74. The van der Waals surface area contributed by atoms with E-state index in [2.05, 4.69) is 26.1 Å². The highest BCUT2D eigenvalue weighted by atomic mass is 19.1. The topological polar surface area (TPSA) is 52.7 Å². The van der Waals surface area contributed by atoms with E-state index >= 15 is 4.39 Å². The molecule has 5 nitrogen and oxygen atoms in total. The summed E-state index contributed by atoms with van der Waals surface area (Å²) in [5.41, 5.74) is 3.25. The van der Waals surface area contributed by atoms with Crippen molar-refractivity contribution in [1.29, 1.82) is 0 Å². The van der Waals surface area contributed by atoms with Crippen molar-refractivity contribution in [1.82, 2.24) is 4.90 Å². The predicted molar refractivity (Wildman–Crippen MR) is 159 cm³/mol. The number of benzene rings is 3. The van der Waals surface area contributed by atoms with E-state index in [0.717, 1.165) is 31.5 Å². The summed E-state index contributed by atoms with van der Waals surface area (Å²) < 4.78 is 30.5. The molecule has 0 aliphatic carbocycles. The van der Waals surface area contributed by atoms with Gasteiger partial charge in [-0.1, -0.05) is 51.1 Å². The molecule has 0 radical (unpaired) electrons. The van der Waals surface area contributed by atoms with Crippen molar-refractivity contribution in [2.24, 2.45) is 5.92 Å². The summed E-state index contributed by atoms with van der Waals surface area (Å²) >= 11 is 0. The number of piperidine rings is 1. The molecule has 216 valence electrons. The predicted octanol–water partition coefficient (Wildman–Crippen LogP) is 7.40. The van der Waals surface area contributed by atoms with Crippen molar-refractivity contribution in [3.63, 3.8) is 0 Å². The average Bonchev–Trinajstić information content (AvgIpc) is 3.47. The Balaban J connectivity index is 1.52. The van der Waals surface area contributed by atoms with Gasteiger partial charge in [-0.25, -0.2) is 8.78 Å². The lowest BCUT2D eigenvalue weighted by Crippen LogP contribution is -2.47. The van der Waals surface area contributed by atoms with Crippen LogP contribution in [0.1, 0.15) is 79.5 Å². The maximum Gasteiger partial charge on any atom is 0.257 e. The van der Waals surface area contributed by atoms with Gasteiger partial charge < -0.3 is 15.1 Å². The first-order chi connectivity index (χ1) is 19.5. The molecule has 2 aliphatic heterocycles. The lowest BCUT2D eigenvalue weighted by Gasteiger charge is -2.41. The van der Waals surface area contributed by atoms with E-state index in [4.69, 9.17) is 0 Å². The molecule has 2 aliphatic rings. The van der Waals surface area contributed by atoms with Crippen LogP contribution in [0.2, 0.25) is 0 Å². The first-order valence-corrected chi connectivity index (χ1v) is 14.6. The van der Waals surface area contributed by atoms with Crippen LogP contribution in [0.25, 0.3) is 0 Å². The second-order valence-electron chi connectivity index (χ2n) is 12.3. The number of nitrogens with one attached hydrogen (secondary N) is 1. The second kappa shape index (κ2) is 11.6. The largest absolute Gasteiger partial charge is 0.369 e. The van der Waals surface area contributed by atoms with E-state index < -0.39 is 23.7 Å². The third-order valence-electron chi connectivity index (χ3n) is 8.42. The smallest absolute Gasteiger partial charge is 0.257 e. The van der Waals surface area contributed by atoms with Gasteiger partial charge in [0, 0.05) is 25.3 Å². The molecule has 3 aromatic rings. The zero-order chi connectivity index (χ0) is 29.3. The normalized spacial score (nSPS) is 19.4. The highest BCUT2D eigenvalue weighted by molar-refractivity contribution is 5.98. The summed E-state index contributed by atoms with van der Waals surface area (Å²) in [6, 6.07) is 16.6. The molecule has 7 heteroatoms. The van der Waals surface area contributed by atoms with Gasteiger partial charge in [-0.3, -0.25) is 9.59 Å². The van der Waals surface area contributed by atoms with Gasteiger partial charge in [0.2, 0.25) is 5.91 Å². The Labute approximate surface area is 241 Å². The molecule has 2 amide bonds. The van der Waals surface area contributed by atoms with E-state index in [1.165, 1.54) is 12.1 Å². The molecular weight excluding hydrogens is 520 g/mol. The second-order valence-corrected chi connectivity index (χ2v) is 12.3. The Morgan fingerprint density at radius 2 is 1.61 bits per heavy atom. The molecular formula is C34H39F2N3O2. The van der Waals surface area contributed by atoms with Crippen LogP contribution in [0.5, 0.6) is 0 Å². The number of aryl methyl sites for hydroxylation is 1. The molecule has 5 rings (SSSR count). The summed E-state index contributed by atoms with van der Waals surface area (Å²) in [6.45, 7) is 9.98. The number of nitrogens with zero attached hydrogens (tertiary/aromatic N) is 2. The Morgan fingerprint density at radius 3 is 2.29 bits per heavy atom. The van der Waals surface area contributed by atoms with Gasteiger partial charge in [-0.05, 0) is 85.0 Å². The minimum atomic E-state index is -0.747. The molecule has 0 bridgehead atoms. The summed E-state index contributed by atoms with van der Waals surface area (Å²) in [7, 11) is 0. The standard InChI is InChI=1S/C34H39F2N3O2/c1-22-10-7-14-27(35)30(22)33(41)39-19-9-13-26(32(40)37-25-12-8-11-24(21-25)34(2,3)4)31(39)23-15-16-29(28(36)20-23)38-17-5-6-18-38/h7-8,10-12,14-16,20-21,26,31H,5-6,9,13,17-19H2,1-4H3,(H,37,40)/t26-,31-/m0/s1. The molecule has 0 unspecified atom stereocenters. The van der Waals surface area contributed by atoms with Crippen molar-refractivity contribution in [2.75, 3.05) is 29.9 Å². The number of anilines is 2. The van der Waals surface area contributed by atoms with Crippen molar-refractivity contribution in [3.05, 3.63) is 94.6 Å². The molecule has 3 aromatic carbocycles. The Kier molecular flexibility index (Phi) is 8.16. The summed E-state index contributed by atoms with van der Waals surface area (Å²) in [5, 5.41) is 3.06. The van der Waals surface area contributed by atoms with Crippen LogP contribution in [0, 0.1) is 24.5 Å². The lowest BCUT2D eigenvalue weighted by molar-refractivity contribution is -0.123. The maximum absolute atomic E-state index is 15.6. The highest BCUT2D eigenvalue weighted by Crippen LogP contribution is 2.40. The molecule has 41 heavy (non-hydrogen) atoms. The summed E-state index contributed by atoms with van der Waals surface area (Å²) in [4.78, 5) is 31.4. The number of rotatable bonds is 5. The number of amides is 2. The maximum atomic E-state index is 15.6. The summed E-state index contributed by atoms with van der Waals surface area (Å²) in [5.74, 6) is -2.35. The molecule has 2 atom stereocenters. The fourth-order valence-electron chi connectivity index (χ4n) is 6.18. The number of carbonyl (C=O) groups is 2. The van der Waals surface area contributed by atoms with E-state index in [1.807, 2.05) is 35.2 Å². The van der Waals surface area contributed by atoms with Crippen molar-refractivity contribution in [3.8, 4) is 0 Å². The van der Waals surface area contributed by atoms with Crippen LogP contribution < -0.4 is 10.2 Å². The van der Waals surface area contributed by atoms with Gasteiger partial charge in [-0.2, -0.15) is 0 Å². The van der Waals surface area contributed by atoms with E-state index in [-0.39, 0.29) is 22.7 Å². The molecule has 2 fully saturated rings. The third-order valence-corrected chi connectivity index (χ3v) is 8.42. The van der Waals surface area contributed by atoms with Crippen LogP contribution in [0.3, 0.4) is 0 Å². The van der Waals surface area contributed by atoms with Crippen LogP contribution in [-0.2, 0) is 10.2 Å². The monoisotopic (exact) mass is 559 g/mol. The Bertz CT molecular complexity index is 1420. The number of likely N-dealkylation sites (tertiary alicyclic amines) is 1. The zero-order valence-corrected chi connectivity index (χ0v) is 24.3. The molecule has 0 spiro atoms. The lowest BCUT2D eigenvalue weighted by atomic mass is 9.83. The fourth-order valence-corrected chi connectivity index (χ4v) is 6.18. The first-order valence-electron chi connectivity index (χ1n) is 14.6.